The molecule has 26 heavy (non-hydrogen) atoms. The number of carbonyl (C=O) groups excluding carboxylic acids is 2. The van der Waals surface area contributed by atoms with Crippen molar-refractivity contribution in [3.05, 3.63) is 56.5 Å². The maximum Gasteiger partial charge on any atom is 0.276 e. The summed E-state index contributed by atoms with van der Waals surface area (Å²) in [5.41, 5.74) is 6.36. The number of halogens is 2. The third-order valence-corrected chi connectivity index (χ3v) is 4.32. The topological polar surface area (TPSA) is 76.7 Å². The van der Waals surface area contributed by atoms with Gasteiger partial charge in [0.1, 0.15) is 11.5 Å². The van der Waals surface area contributed by atoms with Gasteiger partial charge >= 0.3 is 0 Å². The van der Waals surface area contributed by atoms with Crippen LogP contribution in [0.5, 0.6) is 11.5 Å². The molecule has 0 aliphatic carbocycles. The van der Waals surface area contributed by atoms with Crippen molar-refractivity contribution in [2.45, 2.75) is 13.8 Å². The summed E-state index contributed by atoms with van der Waals surface area (Å²) in [6, 6.07) is 10.9. The molecule has 0 aliphatic rings. The molecule has 2 amide bonds. The molecule has 2 aromatic rings. The lowest BCUT2D eigenvalue weighted by atomic mass is 10.2. The van der Waals surface area contributed by atoms with Crippen molar-refractivity contribution in [2.24, 2.45) is 0 Å². The Morgan fingerprint density at radius 3 is 1.54 bits per heavy atom. The van der Waals surface area contributed by atoms with Crippen LogP contribution in [0.2, 0.25) is 0 Å². The quantitative estimate of drug-likeness (QED) is 0.614. The highest BCUT2D eigenvalue weighted by Crippen LogP contribution is 2.22. The van der Waals surface area contributed by atoms with Crippen LogP contribution in [0.3, 0.4) is 0 Å². The number of ether oxygens (including phenoxy) is 2. The molecule has 0 heterocycles. The van der Waals surface area contributed by atoms with E-state index in [1.165, 1.54) is 0 Å². The molecule has 0 bridgehead atoms. The summed E-state index contributed by atoms with van der Waals surface area (Å²) in [7, 11) is 0. The first-order valence-corrected chi connectivity index (χ1v) is 9.29. The molecule has 138 valence electrons. The molecule has 0 fully saturated rings. The second kappa shape index (κ2) is 9.59. The van der Waals surface area contributed by atoms with E-state index in [1.807, 2.05) is 38.1 Å². The van der Waals surface area contributed by atoms with Crippen LogP contribution in [0, 0.1) is 13.8 Å². The van der Waals surface area contributed by atoms with Crippen molar-refractivity contribution >= 4 is 43.7 Å². The van der Waals surface area contributed by atoms with Crippen LogP contribution in [0.25, 0.3) is 0 Å². The van der Waals surface area contributed by atoms with Gasteiger partial charge in [0.2, 0.25) is 0 Å². The van der Waals surface area contributed by atoms with E-state index in [0.29, 0.717) is 11.5 Å². The number of rotatable bonds is 6. The van der Waals surface area contributed by atoms with E-state index in [1.54, 1.807) is 12.1 Å². The lowest BCUT2D eigenvalue weighted by molar-refractivity contribution is -0.131. The molecule has 2 N–H and O–H groups in total. The maximum atomic E-state index is 11.8. The monoisotopic (exact) mass is 484 g/mol. The molecular formula is C18H18Br2N2O4. The number of carbonyl (C=O) groups is 2. The average Bonchev–Trinajstić information content (AvgIpc) is 2.58. The van der Waals surface area contributed by atoms with Crippen LogP contribution in [-0.2, 0) is 9.59 Å². The zero-order chi connectivity index (χ0) is 19.1. The summed E-state index contributed by atoms with van der Waals surface area (Å²) in [5, 5.41) is 0. The van der Waals surface area contributed by atoms with Crippen LogP contribution in [-0.4, -0.2) is 25.0 Å². The van der Waals surface area contributed by atoms with Gasteiger partial charge in [0, 0.05) is 8.95 Å². The Morgan fingerprint density at radius 1 is 0.808 bits per heavy atom. The number of amides is 2. The van der Waals surface area contributed by atoms with Crippen molar-refractivity contribution in [1.82, 2.24) is 10.9 Å². The minimum Gasteiger partial charge on any atom is -0.483 e. The molecule has 0 aromatic heterocycles. The van der Waals surface area contributed by atoms with Crippen LogP contribution in [0.1, 0.15) is 11.1 Å². The molecular weight excluding hydrogens is 468 g/mol. The van der Waals surface area contributed by atoms with Gasteiger partial charge in [-0.25, -0.2) is 0 Å². The third kappa shape index (κ3) is 6.34. The first-order chi connectivity index (χ1) is 12.3. The van der Waals surface area contributed by atoms with E-state index >= 15 is 0 Å². The van der Waals surface area contributed by atoms with E-state index in [4.69, 9.17) is 9.47 Å². The molecule has 8 heteroatoms. The Balaban J connectivity index is 1.72. The molecule has 2 aromatic carbocycles. The van der Waals surface area contributed by atoms with E-state index in [-0.39, 0.29) is 13.2 Å². The lowest BCUT2D eigenvalue weighted by Crippen LogP contribution is -2.45. The number of hydrazine groups is 1. The molecule has 0 saturated heterocycles. The number of nitrogens with one attached hydrogen (secondary N) is 2. The van der Waals surface area contributed by atoms with Crippen LogP contribution < -0.4 is 20.3 Å². The average molecular weight is 486 g/mol. The van der Waals surface area contributed by atoms with Crippen molar-refractivity contribution < 1.29 is 19.1 Å². The highest BCUT2D eigenvalue weighted by Gasteiger charge is 2.09. The number of hydrogen-bond acceptors (Lipinski definition) is 4. The summed E-state index contributed by atoms with van der Waals surface area (Å²) in [5.74, 6) is 0.258. The van der Waals surface area contributed by atoms with Gasteiger partial charge in [-0.05, 0) is 61.4 Å². The second-order valence-electron chi connectivity index (χ2n) is 5.49. The molecule has 6 nitrogen and oxygen atoms in total. The zero-order valence-electron chi connectivity index (χ0n) is 14.3. The Labute approximate surface area is 168 Å². The summed E-state index contributed by atoms with van der Waals surface area (Å²) in [4.78, 5) is 23.5. The van der Waals surface area contributed by atoms with Gasteiger partial charge in [-0.15, -0.1) is 0 Å². The Bertz CT molecular complexity index is 744. The van der Waals surface area contributed by atoms with Crippen molar-refractivity contribution in [1.29, 1.82) is 0 Å². The molecule has 0 spiro atoms. The van der Waals surface area contributed by atoms with Crippen molar-refractivity contribution in [2.75, 3.05) is 13.2 Å². The number of aryl methyl sites for hydroxylation is 2. The molecule has 0 atom stereocenters. The predicted molar refractivity (Wildman–Crippen MR) is 105 cm³/mol. The maximum absolute atomic E-state index is 11.8. The van der Waals surface area contributed by atoms with Gasteiger partial charge in [0.05, 0.1) is 0 Å². The normalized spacial score (nSPS) is 10.2. The summed E-state index contributed by atoms with van der Waals surface area (Å²) in [6.45, 7) is 3.33. The first kappa shape index (κ1) is 20.3. The molecule has 2 rings (SSSR count). The Kier molecular flexibility index (Phi) is 7.47. The number of benzene rings is 2. The number of hydrogen-bond donors (Lipinski definition) is 2. The zero-order valence-corrected chi connectivity index (χ0v) is 17.4. The van der Waals surface area contributed by atoms with Gasteiger partial charge < -0.3 is 9.47 Å². The third-order valence-electron chi connectivity index (χ3n) is 3.33. The van der Waals surface area contributed by atoms with E-state index in [9.17, 15) is 9.59 Å². The summed E-state index contributed by atoms with van der Waals surface area (Å²) in [6.07, 6.45) is 0. The van der Waals surface area contributed by atoms with E-state index in [0.717, 1.165) is 20.1 Å². The largest absolute Gasteiger partial charge is 0.483 e. The molecule has 0 unspecified atom stereocenters. The van der Waals surface area contributed by atoms with Gasteiger partial charge in [0.15, 0.2) is 13.2 Å². The van der Waals surface area contributed by atoms with Crippen LogP contribution in [0.4, 0.5) is 0 Å². The van der Waals surface area contributed by atoms with Crippen molar-refractivity contribution in [3.63, 3.8) is 0 Å². The Hall–Kier alpha value is -2.06. The van der Waals surface area contributed by atoms with Gasteiger partial charge in [-0.1, -0.05) is 31.9 Å². The standard InChI is InChI=1S/C18H18Br2N2O4/c1-11-7-13(19)3-5-15(11)25-9-17(23)21-22-18(24)10-26-16-6-4-14(20)8-12(16)2/h3-8H,9-10H2,1-2H3,(H,21,23)(H,22,24). The second-order valence-corrected chi connectivity index (χ2v) is 7.32. The minimum atomic E-state index is -0.472. The Morgan fingerprint density at radius 2 is 1.19 bits per heavy atom. The van der Waals surface area contributed by atoms with Crippen molar-refractivity contribution in [3.8, 4) is 11.5 Å². The summed E-state index contributed by atoms with van der Waals surface area (Å²) < 4.78 is 12.7. The predicted octanol–water partition coefficient (Wildman–Crippen LogP) is 3.43. The van der Waals surface area contributed by atoms with Gasteiger partial charge in [-0.2, -0.15) is 0 Å². The molecule has 0 aliphatic heterocycles. The summed E-state index contributed by atoms with van der Waals surface area (Å²) >= 11 is 6.72. The SMILES string of the molecule is Cc1cc(Br)ccc1OCC(=O)NNC(=O)COc1ccc(Br)cc1C. The fraction of sp³-hybridized carbons (Fsp3) is 0.222. The van der Waals surface area contributed by atoms with Gasteiger partial charge in [0.25, 0.3) is 11.8 Å². The van der Waals surface area contributed by atoms with Crippen LogP contribution in [0.15, 0.2) is 45.3 Å². The molecule has 0 radical (unpaired) electrons. The minimum absolute atomic E-state index is 0.213. The highest BCUT2D eigenvalue weighted by atomic mass is 79.9. The highest BCUT2D eigenvalue weighted by molar-refractivity contribution is 9.10. The van der Waals surface area contributed by atoms with E-state index < -0.39 is 11.8 Å². The fourth-order valence-electron chi connectivity index (χ4n) is 2.05. The lowest BCUT2D eigenvalue weighted by Gasteiger charge is -2.12. The first-order valence-electron chi connectivity index (χ1n) is 7.70. The van der Waals surface area contributed by atoms with E-state index in [2.05, 4.69) is 42.7 Å². The van der Waals surface area contributed by atoms with Crippen LogP contribution >= 0.6 is 31.9 Å². The molecule has 0 saturated carbocycles. The van der Waals surface area contributed by atoms with Gasteiger partial charge in [-0.3, -0.25) is 20.4 Å². The smallest absolute Gasteiger partial charge is 0.276 e. The fourth-order valence-corrected chi connectivity index (χ4v) is 3.00.